The maximum atomic E-state index is 12.9. The van der Waals surface area contributed by atoms with Crippen LogP contribution in [0.1, 0.15) is 46.2 Å². The maximum Gasteiger partial charge on any atom is 0.349 e. The average molecular weight is 445 g/mol. The number of aromatic nitrogens is 2. The number of rotatable bonds is 5. The first-order valence-corrected chi connectivity index (χ1v) is 10.0. The molecule has 31 heavy (non-hydrogen) atoms. The minimum Gasteiger partial charge on any atom is -0.427 e. The summed E-state index contributed by atoms with van der Waals surface area (Å²) in [5.74, 6) is 0.959. The SMILES string of the molecule is Cc1cc(C2CCNCC2)oc(=O)c1C(=O)N(C)Cc1cc(-c2ccccn2)no1.Cl. The van der Waals surface area contributed by atoms with Crippen molar-refractivity contribution in [1.29, 1.82) is 0 Å². The number of hydrogen-bond acceptors (Lipinski definition) is 7. The summed E-state index contributed by atoms with van der Waals surface area (Å²) in [6.45, 7) is 3.74. The van der Waals surface area contributed by atoms with E-state index in [0.717, 1.165) is 25.9 Å². The Hall–Kier alpha value is -2.97. The fourth-order valence-electron chi connectivity index (χ4n) is 3.72. The Labute approximate surface area is 186 Å². The zero-order chi connectivity index (χ0) is 21.1. The summed E-state index contributed by atoms with van der Waals surface area (Å²) in [4.78, 5) is 31.2. The molecule has 0 unspecified atom stereocenters. The van der Waals surface area contributed by atoms with Crippen molar-refractivity contribution in [1.82, 2.24) is 20.4 Å². The van der Waals surface area contributed by atoms with Crippen LogP contribution >= 0.6 is 12.4 Å². The Balaban J connectivity index is 0.00000272. The van der Waals surface area contributed by atoms with Gasteiger partial charge < -0.3 is 19.2 Å². The summed E-state index contributed by atoms with van der Waals surface area (Å²) in [5, 5.41) is 7.30. The predicted molar refractivity (Wildman–Crippen MR) is 117 cm³/mol. The van der Waals surface area contributed by atoms with Gasteiger partial charge in [-0.15, -0.1) is 12.4 Å². The molecule has 0 atom stereocenters. The molecule has 4 heterocycles. The van der Waals surface area contributed by atoms with Gasteiger partial charge in [-0.25, -0.2) is 4.79 Å². The van der Waals surface area contributed by atoms with Crippen molar-refractivity contribution >= 4 is 18.3 Å². The molecule has 1 aliphatic rings. The fourth-order valence-corrected chi connectivity index (χ4v) is 3.72. The number of hydrogen-bond donors (Lipinski definition) is 1. The van der Waals surface area contributed by atoms with Gasteiger partial charge in [0.05, 0.1) is 12.2 Å². The van der Waals surface area contributed by atoms with E-state index in [-0.39, 0.29) is 30.4 Å². The Kier molecular flexibility index (Phi) is 7.25. The minimum atomic E-state index is -0.591. The van der Waals surface area contributed by atoms with Gasteiger partial charge in [0.2, 0.25) is 0 Å². The lowest BCUT2D eigenvalue weighted by molar-refractivity contribution is 0.0766. The van der Waals surface area contributed by atoms with E-state index < -0.39 is 11.5 Å². The zero-order valence-electron chi connectivity index (χ0n) is 17.5. The van der Waals surface area contributed by atoms with Gasteiger partial charge in [-0.3, -0.25) is 9.78 Å². The second kappa shape index (κ2) is 9.89. The quantitative estimate of drug-likeness (QED) is 0.644. The van der Waals surface area contributed by atoms with Crippen LogP contribution in [0.5, 0.6) is 0 Å². The lowest BCUT2D eigenvalue weighted by atomic mass is 9.94. The summed E-state index contributed by atoms with van der Waals surface area (Å²) in [6, 6.07) is 9.08. The molecule has 3 aromatic heterocycles. The van der Waals surface area contributed by atoms with Crippen LogP contribution in [0, 0.1) is 6.92 Å². The molecule has 0 saturated carbocycles. The molecule has 164 valence electrons. The number of pyridine rings is 1. The van der Waals surface area contributed by atoms with E-state index in [0.29, 0.717) is 28.5 Å². The number of carbonyl (C=O) groups is 1. The summed E-state index contributed by atoms with van der Waals surface area (Å²) >= 11 is 0. The van der Waals surface area contributed by atoms with Crippen LogP contribution in [0.25, 0.3) is 11.4 Å². The molecule has 4 rings (SSSR count). The van der Waals surface area contributed by atoms with Crippen molar-refractivity contribution in [2.75, 3.05) is 20.1 Å². The predicted octanol–water partition coefficient (Wildman–Crippen LogP) is 3.16. The molecule has 8 nitrogen and oxygen atoms in total. The molecule has 0 aliphatic carbocycles. The van der Waals surface area contributed by atoms with E-state index in [1.165, 1.54) is 4.90 Å². The highest BCUT2D eigenvalue weighted by molar-refractivity contribution is 5.94. The third-order valence-corrected chi connectivity index (χ3v) is 5.35. The highest BCUT2D eigenvalue weighted by Gasteiger charge is 2.25. The Bertz CT molecular complexity index is 1090. The van der Waals surface area contributed by atoms with E-state index in [4.69, 9.17) is 8.94 Å². The summed E-state index contributed by atoms with van der Waals surface area (Å²) < 4.78 is 10.9. The van der Waals surface area contributed by atoms with Gasteiger partial charge in [0, 0.05) is 25.2 Å². The summed E-state index contributed by atoms with van der Waals surface area (Å²) in [6.07, 6.45) is 3.51. The molecular weight excluding hydrogens is 420 g/mol. The average Bonchev–Trinajstić information content (AvgIpc) is 3.23. The van der Waals surface area contributed by atoms with Gasteiger partial charge in [0.25, 0.3) is 5.91 Å². The molecule has 9 heteroatoms. The van der Waals surface area contributed by atoms with Gasteiger partial charge in [-0.1, -0.05) is 11.2 Å². The van der Waals surface area contributed by atoms with Crippen LogP contribution in [0.2, 0.25) is 0 Å². The second-order valence-corrected chi connectivity index (χ2v) is 7.57. The Morgan fingerprint density at radius 1 is 1.23 bits per heavy atom. The first kappa shape index (κ1) is 22.7. The lowest BCUT2D eigenvalue weighted by Gasteiger charge is -2.22. The third-order valence-electron chi connectivity index (χ3n) is 5.35. The van der Waals surface area contributed by atoms with Gasteiger partial charge >= 0.3 is 5.63 Å². The monoisotopic (exact) mass is 444 g/mol. The second-order valence-electron chi connectivity index (χ2n) is 7.57. The van der Waals surface area contributed by atoms with Crippen LogP contribution in [0.4, 0.5) is 0 Å². The Morgan fingerprint density at radius 3 is 2.68 bits per heavy atom. The topological polar surface area (TPSA) is 101 Å². The Morgan fingerprint density at radius 2 is 2.00 bits per heavy atom. The number of nitrogens with zero attached hydrogens (tertiary/aromatic N) is 3. The van der Waals surface area contributed by atoms with Crippen molar-refractivity contribution in [3.05, 3.63) is 69.6 Å². The molecule has 1 N–H and O–H groups in total. The van der Waals surface area contributed by atoms with E-state index in [9.17, 15) is 9.59 Å². The van der Waals surface area contributed by atoms with Gasteiger partial charge in [0.15, 0.2) is 5.76 Å². The molecule has 0 spiro atoms. The van der Waals surface area contributed by atoms with Crippen molar-refractivity contribution in [3.63, 3.8) is 0 Å². The zero-order valence-corrected chi connectivity index (χ0v) is 18.3. The van der Waals surface area contributed by atoms with Gasteiger partial charge in [0.1, 0.15) is 17.0 Å². The summed E-state index contributed by atoms with van der Waals surface area (Å²) in [5.41, 5.74) is 1.37. The number of nitrogens with one attached hydrogen (secondary N) is 1. The summed E-state index contributed by atoms with van der Waals surface area (Å²) in [7, 11) is 1.62. The standard InChI is InChI=1S/C22H24N4O4.ClH/c1-14-11-19(15-6-9-23-10-7-15)29-22(28)20(14)21(27)26(2)13-16-12-18(25-30-16)17-5-3-4-8-24-17;/h3-5,8,11-12,15,23H,6-7,9-10,13H2,1-2H3;1H. The van der Waals surface area contributed by atoms with Crippen LogP contribution in [0.3, 0.4) is 0 Å². The van der Waals surface area contributed by atoms with E-state index in [1.54, 1.807) is 26.2 Å². The van der Waals surface area contributed by atoms with E-state index in [2.05, 4.69) is 15.5 Å². The molecule has 0 aromatic carbocycles. The smallest absolute Gasteiger partial charge is 0.349 e. The molecule has 3 aromatic rings. The molecule has 1 aliphatic heterocycles. The number of aryl methyl sites for hydroxylation is 1. The molecule has 1 saturated heterocycles. The maximum absolute atomic E-state index is 12.9. The number of carbonyl (C=O) groups excluding carboxylic acids is 1. The molecule has 0 radical (unpaired) electrons. The molecule has 1 amide bonds. The highest BCUT2D eigenvalue weighted by atomic mass is 35.5. The minimum absolute atomic E-state index is 0. The molecule has 0 bridgehead atoms. The van der Waals surface area contributed by atoms with Crippen molar-refractivity contribution in [3.8, 4) is 11.4 Å². The first-order chi connectivity index (χ1) is 14.5. The highest BCUT2D eigenvalue weighted by Crippen LogP contribution is 2.26. The van der Waals surface area contributed by atoms with E-state index >= 15 is 0 Å². The van der Waals surface area contributed by atoms with Crippen LogP contribution < -0.4 is 10.9 Å². The van der Waals surface area contributed by atoms with Crippen LogP contribution in [-0.4, -0.2) is 41.1 Å². The van der Waals surface area contributed by atoms with Crippen molar-refractivity contribution in [2.45, 2.75) is 32.2 Å². The lowest BCUT2D eigenvalue weighted by Crippen LogP contribution is -2.32. The van der Waals surface area contributed by atoms with E-state index in [1.807, 2.05) is 24.3 Å². The third kappa shape index (κ3) is 5.03. The largest absolute Gasteiger partial charge is 0.427 e. The number of halogens is 1. The van der Waals surface area contributed by atoms with Crippen LogP contribution in [-0.2, 0) is 6.54 Å². The first-order valence-electron chi connectivity index (χ1n) is 10.0. The number of piperidine rings is 1. The number of amides is 1. The van der Waals surface area contributed by atoms with Gasteiger partial charge in [-0.05, 0) is 56.6 Å². The van der Waals surface area contributed by atoms with Crippen LogP contribution in [0.15, 0.2) is 50.3 Å². The van der Waals surface area contributed by atoms with Crippen molar-refractivity contribution < 1.29 is 13.7 Å². The molecule has 1 fully saturated rings. The fraction of sp³-hybridized carbons (Fsp3) is 0.364. The normalized spacial score (nSPS) is 14.1. The molecular formula is C22H25ClN4O4. The van der Waals surface area contributed by atoms with Gasteiger partial charge in [-0.2, -0.15) is 0 Å². The van der Waals surface area contributed by atoms with Crippen molar-refractivity contribution in [2.24, 2.45) is 0 Å².